The summed E-state index contributed by atoms with van der Waals surface area (Å²) < 4.78 is 26.0. The van der Waals surface area contributed by atoms with Gasteiger partial charge in [0.1, 0.15) is 10.8 Å². The van der Waals surface area contributed by atoms with Crippen molar-refractivity contribution >= 4 is 42.6 Å². The van der Waals surface area contributed by atoms with Crippen LogP contribution in [0.25, 0.3) is 0 Å². The Bertz CT molecular complexity index is 242. The van der Waals surface area contributed by atoms with Gasteiger partial charge in [-0.2, -0.15) is 0 Å². The minimum atomic E-state index is -3.61. The summed E-state index contributed by atoms with van der Waals surface area (Å²) in [5.41, 5.74) is 0. The Hall–Kier alpha value is 0.560. The number of phosphoric acid groups is 1. The van der Waals surface area contributed by atoms with Crippen molar-refractivity contribution in [3.05, 3.63) is 10.8 Å². The molecule has 0 heterocycles. The molecular weight excluding hydrogens is 285 g/mol. The van der Waals surface area contributed by atoms with Crippen molar-refractivity contribution in [3.63, 3.8) is 0 Å². The molecule has 0 aliphatic carbocycles. The van der Waals surface area contributed by atoms with Crippen LogP contribution in [0, 0.1) is 0 Å². The van der Waals surface area contributed by atoms with Crippen molar-refractivity contribution < 1.29 is 18.1 Å². The zero-order valence-electron chi connectivity index (χ0n) is 8.12. The maximum absolute atomic E-state index is 11.7. The van der Waals surface area contributed by atoms with E-state index in [-0.39, 0.29) is 17.7 Å². The third kappa shape index (κ3) is 8.38. The van der Waals surface area contributed by atoms with Gasteiger partial charge in [0.25, 0.3) is 0 Å². The fourth-order valence-electron chi connectivity index (χ4n) is 0.592. The Balaban J connectivity index is 4.19. The molecule has 0 aliphatic rings. The molecule has 0 radical (unpaired) electrons. The minimum Gasteiger partial charge on any atom is -0.409 e. The number of phosphoric ester groups is 1. The van der Waals surface area contributed by atoms with Gasteiger partial charge in [0, 0.05) is 5.88 Å². The van der Waals surface area contributed by atoms with Crippen LogP contribution in [0.1, 0.15) is 13.3 Å². The van der Waals surface area contributed by atoms with Crippen molar-refractivity contribution in [3.8, 4) is 0 Å². The van der Waals surface area contributed by atoms with E-state index in [0.717, 1.165) is 6.26 Å². The Kier molecular flexibility index (Phi) is 9.01. The molecule has 4 nitrogen and oxygen atoms in total. The second-order valence-electron chi connectivity index (χ2n) is 2.25. The minimum absolute atomic E-state index is 0.170. The van der Waals surface area contributed by atoms with E-state index in [1.165, 1.54) is 0 Å². The molecule has 0 aliphatic heterocycles. The average Bonchev–Trinajstić information content (AvgIpc) is 2.16. The molecule has 1 unspecified atom stereocenters. The SMILES string of the molecule is CCOP(=O)(OC=C(Cl)Cl)OCCCCl. The van der Waals surface area contributed by atoms with Crippen molar-refractivity contribution in [1.82, 2.24) is 0 Å². The summed E-state index contributed by atoms with van der Waals surface area (Å²) in [6, 6.07) is 0. The number of rotatable bonds is 8. The van der Waals surface area contributed by atoms with Gasteiger partial charge in [-0.3, -0.25) is 9.05 Å². The molecule has 8 heteroatoms. The van der Waals surface area contributed by atoms with Crippen LogP contribution in [-0.2, 0) is 18.1 Å². The van der Waals surface area contributed by atoms with E-state index in [0.29, 0.717) is 12.3 Å². The van der Waals surface area contributed by atoms with Gasteiger partial charge in [0.05, 0.1) is 13.2 Å². The second-order valence-corrected chi connectivity index (χ2v) is 5.26. The normalized spacial score (nSPS) is 14.4. The highest BCUT2D eigenvalue weighted by Gasteiger charge is 2.26. The highest BCUT2D eigenvalue weighted by Crippen LogP contribution is 2.50. The smallest absolute Gasteiger partial charge is 0.409 e. The first kappa shape index (κ1) is 15.6. The number of halogens is 3. The summed E-state index contributed by atoms with van der Waals surface area (Å²) >= 11 is 16.0. The van der Waals surface area contributed by atoms with E-state index in [9.17, 15) is 4.57 Å². The molecule has 0 aromatic heterocycles. The monoisotopic (exact) mass is 296 g/mol. The van der Waals surface area contributed by atoms with Crippen LogP contribution in [0.5, 0.6) is 0 Å². The lowest BCUT2D eigenvalue weighted by atomic mass is 10.5. The summed E-state index contributed by atoms with van der Waals surface area (Å²) in [5.74, 6) is 0.401. The van der Waals surface area contributed by atoms with Crippen molar-refractivity contribution in [2.75, 3.05) is 19.1 Å². The van der Waals surface area contributed by atoms with Gasteiger partial charge in [0.2, 0.25) is 0 Å². The summed E-state index contributed by atoms with van der Waals surface area (Å²) in [7, 11) is -3.61. The molecule has 0 fully saturated rings. The van der Waals surface area contributed by atoms with E-state index in [1.54, 1.807) is 6.92 Å². The van der Waals surface area contributed by atoms with Gasteiger partial charge in [-0.1, -0.05) is 23.2 Å². The zero-order valence-corrected chi connectivity index (χ0v) is 11.3. The molecule has 0 spiro atoms. The molecule has 0 saturated heterocycles. The van der Waals surface area contributed by atoms with Crippen molar-refractivity contribution in [2.45, 2.75) is 13.3 Å². The van der Waals surface area contributed by atoms with E-state index in [4.69, 9.17) is 48.4 Å². The lowest BCUT2D eigenvalue weighted by Crippen LogP contribution is -1.99. The third-order valence-electron chi connectivity index (χ3n) is 1.09. The Morgan fingerprint density at radius 1 is 1.40 bits per heavy atom. The van der Waals surface area contributed by atoms with Crippen LogP contribution in [-0.4, -0.2) is 19.1 Å². The van der Waals surface area contributed by atoms with E-state index in [2.05, 4.69) is 0 Å². The predicted octanol–water partition coefficient (Wildman–Crippen LogP) is 4.07. The van der Waals surface area contributed by atoms with Crippen LogP contribution in [0.4, 0.5) is 0 Å². The van der Waals surface area contributed by atoms with Crippen molar-refractivity contribution in [2.24, 2.45) is 0 Å². The molecule has 90 valence electrons. The van der Waals surface area contributed by atoms with Gasteiger partial charge in [-0.25, -0.2) is 4.57 Å². The molecular formula is C7H12Cl3O4P. The van der Waals surface area contributed by atoms with Gasteiger partial charge < -0.3 is 4.52 Å². The molecule has 15 heavy (non-hydrogen) atoms. The predicted molar refractivity (Wildman–Crippen MR) is 61.4 cm³/mol. The molecule has 0 amide bonds. The lowest BCUT2D eigenvalue weighted by molar-refractivity contribution is 0.148. The zero-order chi connectivity index (χ0) is 11.7. The highest BCUT2D eigenvalue weighted by atomic mass is 35.5. The second kappa shape index (κ2) is 8.68. The van der Waals surface area contributed by atoms with E-state index < -0.39 is 7.82 Å². The number of hydrogen-bond acceptors (Lipinski definition) is 4. The topological polar surface area (TPSA) is 44.8 Å². The van der Waals surface area contributed by atoms with Gasteiger partial charge >= 0.3 is 7.82 Å². The largest absolute Gasteiger partial charge is 0.529 e. The Morgan fingerprint density at radius 3 is 2.53 bits per heavy atom. The van der Waals surface area contributed by atoms with E-state index in [1.807, 2.05) is 0 Å². The summed E-state index contributed by atoms with van der Waals surface area (Å²) in [6.45, 7) is 2.02. The lowest BCUT2D eigenvalue weighted by Gasteiger charge is -2.15. The summed E-state index contributed by atoms with van der Waals surface area (Å²) in [5, 5.41) is 0. The van der Waals surface area contributed by atoms with Gasteiger partial charge in [0.15, 0.2) is 0 Å². The maximum atomic E-state index is 11.7. The standard InChI is InChI=1S/C7H12Cl3O4P/c1-2-12-15(11,13-5-3-4-8)14-6-7(9)10/h6H,2-5H2,1H3. The van der Waals surface area contributed by atoms with Crippen LogP contribution < -0.4 is 0 Å². The third-order valence-corrected chi connectivity index (χ3v) is 2.97. The Labute approximate surface area is 104 Å². The summed E-state index contributed by atoms with van der Waals surface area (Å²) in [6.07, 6.45) is 1.44. The van der Waals surface area contributed by atoms with Crippen LogP contribution in [0.15, 0.2) is 10.8 Å². The molecule has 0 saturated carbocycles. The average molecular weight is 298 g/mol. The van der Waals surface area contributed by atoms with Gasteiger partial charge in [-0.05, 0) is 13.3 Å². The fourth-order valence-corrected chi connectivity index (χ4v) is 2.01. The van der Waals surface area contributed by atoms with E-state index >= 15 is 0 Å². The molecule has 0 N–H and O–H groups in total. The molecule has 0 rings (SSSR count). The molecule has 1 atom stereocenters. The fraction of sp³-hybridized carbons (Fsp3) is 0.714. The van der Waals surface area contributed by atoms with Crippen LogP contribution in [0.3, 0.4) is 0 Å². The van der Waals surface area contributed by atoms with Gasteiger partial charge in [-0.15, -0.1) is 11.6 Å². The van der Waals surface area contributed by atoms with Crippen LogP contribution >= 0.6 is 42.6 Å². The first-order valence-electron chi connectivity index (χ1n) is 4.18. The maximum Gasteiger partial charge on any atom is 0.529 e. The quantitative estimate of drug-likeness (QED) is 0.293. The number of hydrogen-bond donors (Lipinski definition) is 0. The number of alkyl halides is 1. The molecule has 0 bridgehead atoms. The van der Waals surface area contributed by atoms with Crippen LogP contribution in [0.2, 0.25) is 0 Å². The first-order valence-corrected chi connectivity index (χ1v) is 6.94. The summed E-state index contributed by atoms with van der Waals surface area (Å²) in [4.78, 5) is 0. The Morgan fingerprint density at radius 2 is 2.07 bits per heavy atom. The van der Waals surface area contributed by atoms with Crippen molar-refractivity contribution in [1.29, 1.82) is 0 Å². The molecule has 0 aromatic rings. The molecule has 0 aromatic carbocycles. The first-order chi connectivity index (χ1) is 7.04. The highest BCUT2D eigenvalue weighted by molar-refractivity contribution is 7.48.